The number of benzene rings is 2. The summed E-state index contributed by atoms with van der Waals surface area (Å²) in [6.07, 6.45) is 0. The highest BCUT2D eigenvalue weighted by molar-refractivity contribution is 9.10. The molecule has 0 aromatic heterocycles. The van der Waals surface area contributed by atoms with E-state index in [1.165, 1.54) is 6.07 Å². The van der Waals surface area contributed by atoms with E-state index in [-0.39, 0.29) is 5.82 Å². The van der Waals surface area contributed by atoms with Gasteiger partial charge in [0, 0.05) is 15.1 Å². The fraction of sp³-hybridized carbons (Fsp3) is 0.200. The van der Waals surface area contributed by atoms with Crippen molar-refractivity contribution in [2.45, 2.75) is 19.2 Å². The molecule has 0 aliphatic carbocycles. The average molecular weight is 362 g/mol. The van der Waals surface area contributed by atoms with Crippen molar-refractivity contribution in [1.29, 1.82) is 0 Å². The molecule has 0 amide bonds. The molecule has 2 aromatic rings. The number of hydrogen-bond acceptors (Lipinski definition) is 0. The molecule has 2 aromatic carbocycles. The second-order valence-corrected chi connectivity index (χ2v) is 6.25. The van der Waals surface area contributed by atoms with Gasteiger partial charge in [-0.05, 0) is 48.7 Å². The maximum absolute atomic E-state index is 13.9. The van der Waals surface area contributed by atoms with E-state index >= 15 is 0 Å². The second kappa shape index (κ2) is 5.82. The Morgan fingerprint density at radius 2 is 1.68 bits per heavy atom. The first-order valence-electron chi connectivity index (χ1n) is 5.76. The van der Waals surface area contributed by atoms with E-state index in [9.17, 15) is 4.39 Å². The summed E-state index contributed by atoms with van der Waals surface area (Å²) in [5, 5.41) is -0.0367. The van der Waals surface area contributed by atoms with Gasteiger partial charge in [0.15, 0.2) is 0 Å². The average Bonchev–Trinajstić information content (AvgIpc) is 2.33. The van der Waals surface area contributed by atoms with Crippen LogP contribution in [0, 0.1) is 19.7 Å². The highest BCUT2D eigenvalue weighted by Crippen LogP contribution is 2.36. The van der Waals surface area contributed by atoms with Crippen molar-refractivity contribution < 1.29 is 4.39 Å². The maximum atomic E-state index is 13.9. The van der Waals surface area contributed by atoms with Crippen LogP contribution in [-0.2, 0) is 0 Å². The number of rotatable bonds is 2. The van der Waals surface area contributed by atoms with Gasteiger partial charge in [-0.1, -0.05) is 39.7 Å². The van der Waals surface area contributed by atoms with Gasteiger partial charge < -0.3 is 0 Å². The third-order valence-electron chi connectivity index (χ3n) is 3.12. The highest BCUT2D eigenvalue weighted by atomic mass is 79.9. The van der Waals surface area contributed by atoms with Crippen LogP contribution in [0.4, 0.5) is 4.39 Å². The van der Waals surface area contributed by atoms with Crippen molar-refractivity contribution in [2.75, 3.05) is 0 Å². The quantitative estimate of drug-likeness (QED) is 0.559. The minimum Gasteiger partial charge on any atom is -0.207 e. The Labute approximate surface area is 130 Å². The van der Waals surface area contributed by atoms with Crippen LogP contribution in [0.3, 0.4) is 0 Å². The normalized spacial score (nSPS) is 12.5. The molecule has 0 radical (unpaired) electrons. The first kappa shape index (κ1) is 14.8. The molecule has 0 aliphatic heterocycles. The lowest BCUT2D eigenvalue weighted by Crippen LogP contribution is -1.99. The predicted octanol–water partition coefficient (Wildman–Crippen LogP) is 6.19. The van der Waals surface area contributed by atoms with Crippen LogP contribution >= 0.6 is 39.1 Å². The Balaban J connectivity index is 2.49. The van der Waals surface area contributed by atoms with E-state index in [1.807, 2.05) is 26.0 Å². The molecule has 0 fully saturated rings. The molecule has 0 N–H and O–H groups in total. The molecule has 100 valence electrons. The van der Waals surface area contributed by atoms with E-state index in [4.69, 9.17) is 23.2 Å². The summed E-state index contributed by atoms with van der Waals surface area (Å²) in [4.78, 5) is 0. The van der Waals surface area contributed by atoms with Gasteiger partial charge in [-0.2, -0.15) is 0 Å². The van der Waals surface area contributed by atoms with E-state index in [0.717, 1.165) is 16.7 Å². The van der Waals surface area contributed by atoms with Gasteiger partial charge in [-0.25, -0.2) is 4.39 Å². The third-order valence-corrected chi connectivity index (χ3v) is 4.41. The molecule has 0 spiro atoms. The molecule has 2 rings (SSSR count). The van der Waals surface area contributed by atoms with Crippen molar-refractivity contribution in [3.63, 3.8) is 0 Å². The van der Waals surface area contributed by atoms with Crippen LogP contribution in [0.25, 0.3) is 0 Å². The van der Waals surface area contributed by atoms with Gasteiger partial charge in [-0.15, -0.1) is 11.6 Å². The van der Waals surface area contributed by atoms with Gasteiger partial charge in [0.05, 0.1) is 5.38 Å². The van der Waals surface area contributed by atoms with Gasteiger partial charge in [0.1, 0.15) is 5.82 Å². The predicted molar refractivity (Wildman–Crippen MR) is 82.7 cm³/mol. The van der Waals surface area contributed by atoms with Gasteiger partial charge in [-0.3, -0.25) is 0 Å². The number of aryl methyl sites for hydroxylation is 2. The van der Waals surface area contributed by atoms with Crippen LogP contribution < -0.4 is 0 Å². The number of alkyl halides is 1. The van der Waals surface area contributed by atoms with Crippen LogP contribution in [0.1, 0.15) is 27.6 Å². The summed E-state index contributed by atoms with van der Waals surface area (Å²) < 4.78 is 14.6. The number of halogens is 4. The minimum atomic E-state index is -0.597. The summed E-state index contributed by atoms with van der Waals surface area (Å²) in [5.41, 5.74) is 3.33. The molecule has 0 aliphatic rings. The fourth-order valence-corrected chi connectivity index (χ4v) is 2.95. The number of hydrogen-bond donors (Lipinski definition) is 0. The van der Waals surface area contributed by atoms with E-state index in [1.54, 1.807) is 12.1 Å². The van der Waals surface area contributed by atoms with Crippen molar-refractivity contribution in [3.05, 3.63) is 67.9 Å². The molecule has 1 atom stereocenters. The molecule has 0 saturated heterocycles. The summed E-state index contributed by atoms with van der Waals surface area (Å²) in [6, 6.07) is 8.61. The van der Waals surface area contributed by atoms with Crippen LogP contribution in [-0.4, -0.2) is 0 Å². The molecule has 0 saturated carbocycles. The lowest BCUT2D eigenvalue weighted by molar-refractivity contribution is 0.611. The van der Waals surface area contributed by atoms with E-state index in [0.29, 0.717) is 15.1 Å². The SMILES string of the molecule is Cc1cc(Cl)c(C(Cl)c2ccc(Br)cc2F)cc1C. The zero-order valence-corrected chi connectivity index (χ0v) is 13.6. The summed E-state index contributed by atoms with van der Waals surface area (Å²) >= 11 is 15.8. The van der Waals surface area contributed by atoms with Gasteiger partial charge in [0.25, 0.3) is 0 Å². The van der Waals surface area contributed by atoms with E-state index < -0.39 is 5.38 Å². The van der Waals surface area contributed by atoms with Crippen molar-refractivity contribution in [2.24, 2.45) is 0 Å². The minimum absolute atomic E-state index is 0.344. The van der Waals surface area contributed by atoms with Crippen molar-refractivity contribution in [1.82, 2.24) is 0 Å². The lowest BCUT2D eigenvalue weighted by atomic mass is 9.99. The van der Waals surface area contributed by atoms with Crippen molar-refractivity contribution >= 4 is 39.1 Å². The Morgan fingerprint density at radius 1 is 1.05 bits per heavy atom. The van der Waals surface area contributed by atoms with Crippen LogP contribution in [0.15, 0.2) is 34.8 Å². The zero-order chi connectivity index (χ0) is 14.2. The van der Waals surface area contributed by atoms with E-state index in [2.05, 4.69) is 15.9 Å². The van der Waals surface area contributed by atoms with Crippen molar-refractivity contribution in [3.8, 4) is 0 Å². The highest BCUT2D eigenvalue weighted by Gasteiger charge is 2.18. The Morgan fingerprint density at radius 3 is 2.32 bits per heavy atom. The maximum Gasteiger partial charge on any atom is 0.129 e. The van der Waals surface area contributed by atoms with Crippen LogP contribution in [0.2, 0.25) is 5.02 Å². The monoisotopic (exact) mass is 360 g/mol. The van der Waals surface area contributed by atoms with Crippen LogP contribution in [0.5, 0.6) is 0 Å². The molecule has 0 heterocycles. The third kappa shape index (κ3) is 3.13. The van der Waals surface area contributed by atoms with Gasteiger partial charge in [0.2, 0.25) is 0 Å². The topological polar surface area (TPSA) is 0 Å². The largest absolute Gasteiger partial charge is 0.207 e. The summed E-state index contributed by atoms with van der Waals surface area (Å²) in [6.45, 7) is 3.96. The molecule has 0 nitrogen and oxygen atoms in total. The molecular formula is C15H12BrCl2F. The second-order valence-electron chi connectivity index (χ2n) is 4.49. The Hall–Kier alpha value is -0.570. The Bertz CT molecular complexity index is 626. The molecule has 0 bridgehead atoms. The molecule has 4 heteroatoms. The smallest absolute Gasteiger partial charge is 0.129 e. The molecule has 19 heavy (non-hydrogen) atoms. The first-order valence-corrected chi connectivity index (χ1v) is 7.36. The first-order chi connectivity index (χ1) is 8.90. The zero-order valence-electron chi connectivity index (χ0n) is 10.5. The molecular weight excluding hydrogens is 350 g/mol. The molecule has 1 unspecified atom stereocenters. The fourth-order valence-electron chi connectivity index (χ4n) is 1.87. The summed E-state index contributed by atoms with van der Waals surface area (Å²) in [5.74, 6) is -0.344. The summed E-state index contributed by atoms with van der Waals surface area (Å²) in [7, 11) is 0. The standard InChI is InChI=1S/C15H12BrCl2F/c1-8-5-12(13(17)6-9(8)2)15(18)11-4-3-10(16)7-14(11)19/h3-7,15H,1-2H3. The lowest BCUT2D eigenvalue weighted by Gasteiger charge is -2.15. The van der Waals surface area contributed by atoms with Gasteiger partial charge >= 0.3 is 0 Å². The Kier molecular flexibility index (Phi) is 4.54.